The highest BCUT2D eigenvalue weighted by Gasteiger charge is 2.35. The van der Waals surface area contributed by atoms with Crippen molar-refractivity contribution in [3.63, 3.8) is 0 Å². The summed E-state index contributed by atoms with van der Waals surface area (Å²) >= 11 is 5.07. The Labute approximate surface area is 207 Å². The Morgan fingerprint density at radius 1 is 1.29 bits per heavy atom. The van der Waals surface area contributed by atoms with Gasteiger partial charge in [-0.15, -0.1) is 0 Å². The van der Waals surface area contributed by atoms with Crippen LogP contribution in [0.25, 0.3) is 22.0 Å². The number of aryl methyl sites for hydroxylation is 1. The highest BCUT2D eigenvalue weighted by Crippen LogP contribution is 2.44. The van der Waals surface area contributed by atoms with E-state index in [9.17, 15) is 22.9 Å². The van der Waals surface area contributed by atoms with Crippen molar-refractivity contribution >= 4 is 45.4 Å². The van der Waals surface area contributed by atoms with Gasteiger partial charge in [-0.3, -0.25) is 9.36 Å². The minimum Gasteiger partial charge on any atom is -0.611 e. The van der Waals surface area contributed by atoms with Crippen LogP contribution in [0.15, 0.2) is 46.6 Å². The second-order valence-corrected chi connectivity index (χ2v) is 10.4. The summed E-state index contributed by atoms with van der Waals surface area (Å²) in [7, 11) is 0. The number of nitrogens with zero attached hydrogens (tertiary/aromatic N) is 4. The maximum atomic E-state index is 14.8. The molecule has 7 nitrogen and oxygen atoms in total. The number of benzene rings is 2. The largest absolute Gasteiger partial charge is 0.611 e. The Hall–Kier alpha value is -2.95. The number of aromatic nitrogens is 2. The summed E-state index contributed by atoms with van der Waals surface area (Å²) in [6.45, 7) is 6.86. The van der Waals surface area contributed by atoms with Gasteiger partial charge < -0.3 is 14.4 Å². The molecule has 0 unspecified atom stereocenters. The highest BCUT2D eigenvalue weighted by molar-refractivity contribution is 7.91. The summed E-state index contributed by atoms with van der Waals surface area (Å²) in [5.74, 6) is -1.26. The van der Waals surface area contributed by atoms with Gasteiger partial charge in [0.15, 0.2) is 4.90 Å². The first-order valence-electron chi connectivity index (χ1n) is 11.0. The molecule has 2 aliphatic rings. The average molecular weight is 519 g/mol. The molecule has 3 aromatic rings. The molecule has 0 saturated carbocycles. The molecule has 35 heavy (non-hydrogen) atoms. The summed E-state index contributed by atoms with van der Waals surface area (Å²) < 4.78 is 43.1. The molecular formula is C24H21ClF2N4O3S. The molecule has 2 aromatic carbocycles. The standard InChI is InChI=1S/C24H21ClF2N4O3S/c1-3-19(32)29-6-7-30(13(2)12-29)23-16-11-17(25)20(15-5-4-14(26)10-18(15)27)22-21(16)31(24(33)28-23)8-9-35(22)34/h3-5,10-11,13H,1,6-9,12H2,2H3/t13-,35-/m0/s1. The summed E-state index contributed by atoms with van der Waals surface area (Å²) in [4.78, 5) is 33.3. The number of anilines is 1. The van der Waals surface area contributed by atoms with Gasteiger partial charge in [0.25, 0.3) is 0 Å². The first kappa shape index (κ1) is 23.8. The van der Waals surface area contributed by atoms with Crippen LogP contribution in [0.1, 0.15) is 6.92 Å². The zero-order chi connectivity index (χ0) is 25.0. The monoisotopic (exact) mass is 518 g/mol. The van der Waals surface area contributed by atoms with E-state index in [0.717, 1.165) is 12.1 Å². The molecule has 0 spiro atoms. The van der Waals surface area contributed by atoms with E-state index in [1.54, 1.807) is 11.0 Å². The molecule has 2 aliphatic heterocycles. The molecular weight excluding hydrogens is 498 g/mol. The number of amides is 1. The minimum atomic E-state index is -1.58. The van der Waals surface area contributed by atoms with E-state index < -0.39 is 28.5 Å². The fourth-order valence-corrected chi connectivity index (χ4v) is 6.63. The van der Waals surface area contributed by atoms with Crippen molar-refractivity contribution in [2.75, 3.05) is 30.3 Å². The molecule has 2 atom stereocenters. The van der Waals surface area contributed by atoms with Crippen LogP contribution in [0, 0.1) is 11.6 Å². The molecule has 1 saturated heterocycles. The number of carbonyl (C=O) groups excluding carboxylic acids is 1. The number of rotatable bonds is 3. The quantitative estimate of drug-likeness (QED) is 0.392. The number of halogens is 3. The van der Waals surface area contributed by atoms with Gasteiger partial charge in [0, 0.05) is 42.7 Å². The van der Waals surface area contributed by atoms with Crippen LogP contribution in [0.5, 0.6) is 0 Å². The van der Waals surface area contributed by atoms with Crippen LogP contribution in [-0.4, -0.2) is 56.3 Å². The normalized spacial score (nSPS) is 19.8. The van der Waals surface area contributed by atoms with E-state index in [0.29, 0.717) is 36.4 Å². The lowest BCUT2D eigenvalue weighted by atomic mass is 10.0. The third-order valence-electron chi connectivity index (χ3n) is 6.46. The zero-order valence-electron chi connectivity index (χ0n) is 18.8. The molecule has 3 heterocycles. The van der Waals surface area contributed by atoms with Crippen LogP contribution in [-0.2, 0) is 22.5 Å². The molecule has 1 amide bonds. The van der Waals surface area contributed by atoms with E-state index in [1.165, 1.54) is 16.7 Å². The van der Waals surface area contributed by atoms with E-state index in [-0.39, 0.29) is 45.3 Å². The maximum absolute atomic E-state index is 14.8. The zero-order valence-corrected chi connectivity index (χ0v) is 20.3. The van der Waals surface area contributed by atoms with Crippen LogP contribution < -0.4 is 10.6 Å². The van der Waals surface area contributed by atoms with Crippen LogP contribution >= 0.6 is 11.6 Å². The number of carbonyl (C=O) groups is 1. The maximum Gasteiger partial charge on any atom is 0.350 e. The topological polar surface area (TPSA) is 81.5 Å². The molecule has 11 heteroatoms. The molecule has 1 aromatic heterocycles. The van der Waals surface area contributed by atoms with Gasteiger partial charge in [0.1, 0.15) is 28.7 Å². The van der Waals surface area contributed by atoms with Crippen molar-refractivity contribution in [1.82, 2.24) is 14.5 Å². The number of hydrogen-bond acceptors (Lipinski definition) is 5. The molecule has 182 valence electrons. The second-order valence-electron chi connectivity index (χ2n) is 8.53. The lowest BCUT2D eigenvalue weighted by Crippen LogP contribution is -2.54. The molecule has 5 rings (SSSR count). The summed E-state index contributed by atoms with van der Waals surface area (Å²) in [5, 5.41) is 0.633. The fourth-order valence-electron chi connectivity index (χ4n) is 4.83. The first-order chi connectivity index (χ1) is 16.7. The van der Waals surface area contributed by atoms with Gasteiger partial charge in [-0.1, -0.05) is 18.2 Å². The molecule has 0 radical (unpaired) electrons. The van der Waals surface area contributed by atoms with Gasteiger partial charge in [0.2, 0.25) is 5.91 Å². The van der Waals surface area contributed by atoms with Gasteiger partial charge in [-0.25, -0.2) is 13.6 Å². The van der Waals surface area contributed by atoms with Crippen molar-refractivity contribution in [1.29, 1.82) is 0 Å². The summed E-state index contributed by atoms with van der Waals surface area (Å²) in [6, 6.07) is 4.51. The molecule has 0 N–H and O–H groups in total. The predicted molar refractivity (Wildman–Crippen MR) is 131 cm³/mol. The minimum absolute atomic E-state index is 0.00540. The summed E-state index contributed by atoms with van der Waals surface area (Å²) in [5.41, 5.74) is 0.0416. The molecule has 0 bridgehead atoms. The fraction of sp³-hybridized carbons (Fsp3) is 0.292. The Balaban J connectivity index is 1.74. The number of piperazine rings is 1. The third-order valence-corrected chi connectivity index (χ3v) is 8.17. The molecule has 1 fully saturated rings. The Kier molecular flexibility index (Phi) is 6.06. The lowest BCUT2D eigenvalue weighted by Gasteiger charge is -2.40. The van der Waals surface area contributed by atoms with Crippen LogP contribution in [0.3, 0.4) is 0 Å². The van der Waals surface area contributed by atoms with Gasteiger partial charge >= 0.3 is 5.69 Å². The van der Waals surface area contributed by atoms with E-state index in [2.05, 4.69) is 11.6 Å². The Morgan fingerprint density at radius 3 is 2.74 bits per heavy atom. The number of hydrogen-bond donors (Lipinski definition) is 0. The van der Waals surface area contributed by atoms with Gasteiger partial charge in [0.05, 0.1) is 17.1 Å². The lowest BCUT2D eigenvalue weighted by molar-refractivity contribution is -0.126. The predicted octanol–water partition coefficient (Wildman–Crippen LogP) is 3.34. The first-order valence-corrected chi connectivity index (χ1v) is 12.7. The van der Waals surface area contributed by atoms with Gasteiger partial charge in [-0.2, -0.15) is 4.98 Å². The van der Waals surface area contributed by atoms with Crippen molar-refractivity contribution in [3.8, 4) is 11.1 Å². The van der Waals surface area contributed by atoms with Crippen LogP contribution in [0.4, 0.5) is 14.6 Å². The SMILES string of the molecule is C=CC(=O)N1CCN(c2nc(=O)n3c4c(c(-c5ccc(F)cc5F)c(Cl)cc24)[S@@+]([O-])CC3)[C@@H](C)C1. The smallest absolute Gasteiger partial charge is 0.350 e. The van der Waals surface area contributed by atoms with Crippen LogP contribution in [0.2, 0.25) is 5.02 Å². The van der Waals surface area contributed by atoms with Crippen molar-refractivity contribution in [2.45, 2.75) is 24.4 Å². The van der Waals surface area contributed by atoms with Crippen molar-refractivity contribution in [3.05, 3.63) is 64.1 Å². The van der Waals surface area contributed by atoms with E-state index in [1.807, 2.05) is 11.8 Å². The highest BCUT2D eigenvalue weighted by atomic mass is 35.5. The van der Waals surface area contributed by atoms with Gasteiger partial charge in [-0.05, 0) is 42.4 Å². The van der Waals surface area contributed by atoms with Crippen molar-refractivity contribution in [2.24, 2.45) is 0 Å². The third kappa shape index (κ3) is 3.89. The Bertz CT molecular complexity index is 1450. The van der Waals surface area contributed by atoms with Crippen molar-refractivity contribution < 1.29 is 18.1 Å². The second kappa shape index (κ2) is 8.92. The van der Waals surface area contributed by atoms with E-state index >= 15 is 0 Å². The summed E-state index contributed by atoms with van der Waals surface area (Å²) in [6.07, 6.45) is 1.26. The van der Waals surface area contributed by atoms with E-state index in [4.69, 9.17) is 11.6 Å². The average Bonchev–Trinajstić information content (AvgIpc) is 2.82. The Morgan fingerprint density at radius 2 is 2.06 bits per heavy atom. The molecule has 0 aliphatic carbocycles.